The van der Waals surface area contributed by atoms with E-state index in [1.807, 2.05) is 6.92 Å². The summed E-state index contributed by atoms with van der Waals surface area (Å²) in [5.74, 6) is 0. The van der Waals surface area contributed by atoms with Crippen molar-refractivity contribution in [2.45, 2.75) is 38.6 Å². The Hall–Kier alpha value is -0.470. The van der Waals surface area contributed by atoms with Crippen molar-refractivity contribution in [3.8, 4) is 0 Å². The van der Waals surface area contributed by atoms with Crippen LogP contribution in [0.5, 0.6) is 0 Å². The Morgan fingerprint density at radius 3 is 2.33 bits per heavy atom. The summed E-state index contributed by atoms with van der Waals surface area (Å²) in [6.45, 7) is 10.3. The number of nitrogens with zero attached hydrogens (tertiary/aromatic N) is 2. The maximum Gasteiger partial charge on any atom is 0.244 e. The van der Waals surface area contributed by atoms with Gasteiger partial charge < -0.3 is 10.6 Å². The lowest BCUT2D eigenvalue weighted by Crippen LogP contribution is -2.34. The van der Waals surface area contributed by atoms with Crippen LogP contribution in [0, 0.1) is 0 Å². The average Bonchev–Trinajstić information content (AvgIpc) is 2.96. The van der Waals surface area contributed by atoms with Crippen LogP contribution in [0.4, 0.5) is 0 Å². The molecule has 0 radical (unpaired) electrons. The lowest BCUT2D eigenvalue weighted by molar-refractivity contribution is 0.285. The number of hydrogen-bond donors (Lipinski definition) is 1. The third-order valence-electron chi connectivity index (χ3n) is 3.64. The molecule has 0 bridgehead atoms. The standard InChI is InChI=1S/C14H27N3O2S2/c1-4-16(5-2)9-7-10-17(6-3)21(18,19)14-8-11-20-13(14)12-15/h8,11H,4-7,9-10,12,15H2,1-3H3. The van der Waals surface area contributed by atoms with Crippen LogP contribution in [0.25, 0.3) is 0 Å². The molecule has 0 aromatic carbocycles. The quantitative estimate of drug-likeness (QED) is 0.711. The molecule has 0 aliphatic rings. The highest BCUT2D eigenvalue weighted by atomic mass is 32.2. The van der Waals surface area contributed by atoms with Crippen molar-refractivity contribution in [2.24, 2.45) is 5.73 Å². The van der Waals surface area contributed by atoms with Gasteiger partial charge in [-0.1, -0.05) is 20.8 Å². The van der Waals surface area contributed by atoms with E-state index in [0.29, 0.717) is 18.0 Å². The zero-order chi connectivity index (χ0) is 15.9. The molecule has 0 saturated carbocycles. The first kappa shape index (κ1) is 18.6. The Kier molecular flexibility index (Phi) is 7.83. The average molecular weight is 334 g/mol. The molecule has 1 aromatic rings. The highest BCUT2D eigenvalue weighted by Crippen LogP contribution is 2.24. The van der Waals surface area contributed by atoms with Gasteiger partial charge in [-0.2, -0.15) is 4.31 Å². The molecule has 0 spiro atoms. The molecular weight excluding hydrogens is 306 g/mol. The van der Waals surface area contributed by atoms with Crippen LogP contribution in [0.2, 0.25) is 0 Å². The molecule has 1 aromatic heterocycles. The highest BCUT2D eigenvalue weighted by Gasteiger charge is 2.25. The van der Waals surface area contributed by atoms with Crippen LogP contribution in [0.3, 0.4) is 0 Å². The number of rotatable bonds is 10. The van der Waals surface area contributed by atoms with E-state index in [-0.39, 0.29) is 6.54 Å². The minimum absolute atomic E-state index is 0.267. The summed E-state index contributed by atoms with van der Waals surface area (Å²) < 4.78 is 26.9. The molecule has 1 heterocycles. The summed E-state index contributed by atoms with van der Waals surface area (Å²) >= 11 is 1.40. The van der Waals surface area contributed by atoms with Crippen LogP contribution in [0.1, 0.15) is 32.1 Å². The molecule has 5 nitrogen and oxygen atoms in total. The van der Waals surface area contributed by atoms with Crippen molar-refractivity contribution in [2.75, 3.05) is 32.7 Å². The second-order valence-electron chi connectivity index (χ2n) is 4.79. The molecule has 2 N–H and O–H groups in total. The molecule has 1 rings (SSSR count). The number of hydrogen-bond acceptors (Lipinski definition) is 5. The second kappa shape index (κ2) is 8.85. The van der Waals surface area contributed by atoms with Gasteiger partial charge >= 0.3 is 0 Å². The Labute approximate surface area is 132 Å². The van der Waals surface area contributed by atoms with E-state index in [2.05, 4.69) is 18.7 Å². The monoisotopic (exact) mass is 333 g/mol. The number of nitrogens with two attached hydrogens (primary N) is 1. The molecule has 21 heavy (non-hydrogen) atoms. The molecule has 0 aliphatic carbocycles. The molecule has 0 amide bonds. The third-order valence-corrected chi connectivity index (χ3v) is 6.77. The van der Waals surface area contributed by atoms with Gasteiger partial charge in [-0.15, -0.1) is 11.3 Å². The van der Waals surface area contributed by atoms with Crippen molar-refractivity contribution in [1.82, 2.24) is 9.21 Å². The zero-order valence-electron chi connectivity index (χ0n) is 13.2. The summed E-state index contributed by atoms with van der Waals surface area (Å²) in [6, 6.07) is 1.66. The second-order valence-corrected chi connectivity index (χ2v) is 7.70. The Bertz CT molecular complexity index is 510. The summed E-state index contributed by atoms with van der Waals surface area (Å²) in [6.07, 6.45) is 0.844. The highest BCUT2D eigenvalue weighted by molar-refractivity contribution is 7.89. The molecule has 0 saturated heterocycles. The van der Waals surface area contributed by atoms with Crippen molar-refractivity contribution >= 4 is 21.4 Å². The summed E-state index contributed by atoms with van der Waals surface area (Å²) in [7, 11) is -3.42. The van der Waals surface area contributed by atoms with Gasteiger partial charge in [0.25, 0.3) is 0 Å². The van der Waals surface area contributed by atoms with E-state index < -0.39 is 10.0 Å². The van der Waals surface area contributed by atoms with Gasteiger partial charge in [0.15, 0.2) is 0 Å². The van der Waals surface area contributed by atoms with E-state index in [1.165, 1.54) is 11.3 Å². The van der Waals surface area contributed by atoms with Crippen molar-refractivity contribution in [3.63, 3.8) is 0 Å². The van der Waals surface area contributed by atoms with E-state index in [4.69, 9.17) is 5.73 Å². The fourth-order valence-corrected chi connectivity index (χ4v) is 5.10. The molecule has 122 valence electrons. The third kappa shape index (κ3) is 4.75. The first-order chi connectivity index (χ1) is 10.0. The minimum atomic E-state index is -3.42. The summed E-state index contributed by atoms with van der Waals surface area (Å²) in [5.41, 5.74) is 5.63. The largest absolute Gasteiger partial charge is 0.326 e. The normalized spacial score (nSPS) is 12.5. The SMILES string of the molecule is CCN(CC)CCCN(CC)S(=O)(=O)c1ccsc1CN. The Morgan fingerprint density at radius 2 is 1.81 bits per heavy atom. The van der Waals surface area contributed by atoms with Crippen LogP contribution < -0.4 is 5.73 Å². The molecular formula is C14H27N3O2S2. The topological polar surface area (TPSA) is 66.6 Å². The fraction of sp³-hybridized carbons (Fsp3) is 0.714. The van der Waals surface area contributed by atoms with Gasteiger partial charge in [0.2, 0.25) is 10.0 Å². The van der Waals surface area contributed by atoms with Crippen LogP contribution in [-0.2, 0) is 16.6 Å². The number of thiophene rings is 1. The van der Waals surface area contributed by atoms with Crippen LogP contribution >= 0.6 is 11.3 Å². The molecule has 0 unspecified atom stereocenters. The molecule has 0 aliphatic heterocycles. The van der Waals surface area contributed by atoms with E-state index in [9.17, 15) is 8.42 Å². The minimum Gasteiger partial charge on any atom is -0.326 e. The van der Waals surface area contributed by atoms with Gasteiger partial charge in [0.05, 0.1) is 4.90 Å². The van der Waals surface area contributed by atoms with Gasteiger partial charge in [-0.3, -0.25) is 0 Å². The van der Waals surface area contributed by atoms with Gasteiger partial charge in [0, 0.05) is 24.5 Å². The van der Waals surface area contributed by atoms with Gasteiger partial charge in [0.1, 0.15) is 0 Å². The number of sulfonamides is 1. The maximum absolute atomic E-state index is 12.7. The summed E-state index contributed by atoms with van der Waals surface area (Å²) in [4.78, 5) is 3.41. The van der Waals surface area contributed by atoms with E-state index >= 15 is 0 Å². The van der Waals surface area contributed by atoms with Crippen molar-refractivity contribution < 1.29 is 8.42 Å². The maximum atomic E-state index is 12.7. The Morgan fingerprint density at radius 1 is 1.14 bits per heavy atom. The lowest BCUT2D eigenvalue weighted by atomic mass is 10.3. The van der Waals surface area contributed by atoms with Gasteiger partial charge in [-0.25, -0.2) is 8.42 Å². The first-order valence-corrected chi connectivity index (χ1v) is 9.82. The Balaban J connectivity index is 2.75. The molecule has 0 atom stereocenters. The summed E-state index contributed by atoms with van der Waals surface area (Å²) in [5, 5.41) is 1.79. The first-order valence-electron chi connectivity index (χ1n) is 7.50. The van der Waals surface area contributed by atoms with Crippen LogP contribution in [-0.4, -0.2) is 50.3 Å². The molecule has 0 fully saturated rings. The molecule has 7 heteroatoms. The van der Waals surface area contributed by atoms with Crippen LogP contribution in [0.15, 0.2) is 16.3 Å². The fourth-order valence-electron chi connectivity index (χ4n) is 2.31. The smallest absolute Gasteiger partial charge is 0.244 e. The van der Waals surface area contributed by atoms with Crippen molar-refractivity contribution in [3.05, 3.63) is 16.3 Å². The van der Waals surface area contributed by atoms with Crippen molar-refractivity contribution in [1.29, 1.82) is 0 Å². The van der Waals surface area contributed by atoms with E-state index in [1.54, 1.807) is 15.8 Å². The predicted molar refractivity (Wildman–Crippen MR) is 89.0 cm³/mol. The van der Waals surface area contributed by atoms with E-state index in [0.717, 1.165) is 30.9 Å². The zero-order valence-corrected chi connectivity index (χ0v) is 14.8. The predicted octanol–water partition coefficient (Wildman–Crippen LogP) is 1.95. The van der Waals surface area contributed by atoms with Gasteiger partial charge in [-0.05, 0) is 37.5 Å². The lowest BCUT2D eigenvalue weighted by Gasteiger charge is -2.23.